The van der Waals surface area contributed by atoms with Gasteiger partial charge in [0.05, 0.1) is 5.69 Å². The maximum atomic E-state index is 12.3. The van der Waals surface area contributed by atoms with E-state index in [1.165, 1.54) is 17.4 Å². The quantitative estimate of drug-likeness (QED) is 0.652. The van der Waals surface area contributed by atoms with Gasteiger partial charge in [0.1, 0.15) is 9.88 Å². The molecule has 0 aliphatic heterocycles. The third kappa shape index (κ3) is 3.55. The number of hydrazine groups is 1. The van der Waals surface area contributed by atoms with E-state index < -0.39 is 11.8 Å². The van der Waals surface area contributed by atoms with Crippen molar-refractivity contribution < 1.29 is 14.0 Å². The Bertz CT molecular complexity index is 889. The summed E-state index contributed by atoms with van der Waals surface area (Å²) < 4.78 is 5.55. The van der Waals surface area contributed by atoms with Crippen molar-refractivity contribution in [3.63, 3.8) is 0 Å². The summed E-state index contributed by atoms with van der Waals surface area (Å²) in [7, 11) is 0. The first-order chi connectivity index (χ1) is 11.5. The fourth-order valence-corrected chi connectivity index (χ4v) is 3.25. The number of benzene rings is 1. The van der Waals surface area contributed by atoms with Gasteiger partial charge in [-0.05, 0) is 35.0 Å². The van der Waals surface area contributed by atoms with Crippen molar-refractivity contribution in [3.8, 4) is 10.6 Å². The van der Waals surface area contributed by atoms with Gasteiger partial charge in [-0.15, -0.1) is 11.3 Å². The van der Waals surface area contributed by atoms with Crippen molar-refractivity contribution in [2.75, 3.05) is 0 Å². The molecule has 2 aromatic heterocycles. The molecular weight excluding hydrogens is 394 g/mol. The number of amides is 2. The molecule has 2 amide bonds. The van der Waals surface area contributed by atoms with Crippen molar-refractivity contribution >= 4 is 39.1 Å². The number of carbonyl (C=O) groups excluding carboxylic acids is 2. The average Bonchev–Trinajstić information content (AvgIpc) is 3.19. The van der Waals surface area contributed by atoms with Crippen LogP contribution in [0.5, 0.6) is 0 Å². The largest absolute Gasteiger partial charge is 0.444 e. The van der Waals surface area contributed by atoms with Crippen LogP contribution < -0.4 is 10.9 Å². The Kier molecular flexibility index (Phi) is 4.77. The lowest BCUT2D eigenvalue weighted by Crippen LogP contribution is -2.41. The van der Waals surface area contributed by atoms with Crippen molar-refractivity contribution in [1.82, 2.24) is 15.8 Å². The molecule has 3 rings (SSSR count). The average molecular weight is 406 g/mol. The lowest BCUT2D eigenvalue weighted by atomic mass is 10.2. The van der Waals surface area contributed by atoms with E-state index in [4.69, 9.17) is 4.42 Å². The highest BCUT2D eigenvalue weighted by atomic mass is 79.9. The number of aryl methyl sites for hydroxylation is 1. The molecule has 0 radical (unpaired) electrons. The third-order valence-corrected chi connectivity index (χ3v) is 4.74. The first-order valence-electron chi connectivity index (χ1n) is 6.93. The zero-order chi connectivity index (χ0) is 17.1. The van der Waals surface area contributed by atoms with E-state index in [-0.39, 0.29) is 5.76 Å². The van der Waals surface area contributed by atoms with Crippen LogP contribution in [-0.2, 0) is 0 Å². The van der Waals surface area contributed by atoms with E-state index in [0.717, 1.165) is 10.6 Å². The highest BCUT2D eigenvalue weighted by Crippen LogP contribution is 2.27. The van der Waals surface area contributed by atoms with E-state index in [1.54, 1.807) is 13.0 Å². The second kappa shape index (κ2) is 6.98. The Labute approximate surface area is 150 Å². The van der Waals surface area contributed by atoms with Gasteiger partial charge in [0.15, 0.2) is 10.4 Å². The fourth-order valence-electron chi connectivity index (χ4n) is 1.98. The number of thiazole rings is 1. The molecule has 2 heterocycles. The van der Waals surface area contributed by atoms with Crippen LogP contribution in [0.3, 0.4) is 0 Å². The van der Waals surface area contributed by atoms with Gasteiger partial charge in [-0.25, -0.2) is 4.98 Å². The Morgan fingerprint density at radius 2 is 1.79 bits per heavy atom. The molecule has 24 heavy (non-hydrogen) atoms. The van der Waals surface area contributed by atoms with E-state index >= 15 is 0 Å². The predicted molar refractivity (Wildman–Crippen MR) is 93.6 cm³/mol. The standard InChI is InChI=1S/C16H12BrN3O3S/c1-9-13(24-16(18-9)10-5-3-2-4-6-10)15(22)20-19-14(21)11-7-8-12(17)23-11/h2-8H,1H3,(H,19,21)(H,20,22). The zero-order valence-electron chi connectivity index (χ0n) is 12.5. The van der Waals surface area contributed by atoms with Gasteiger partial charge in [0, 0.05) is 5.56 Å². The van der Waals surface area contributed by atoms with Crippen molar-refractivity contribution in [1.29, 1.82) is 0 Å². The molecule has 0 saturated heterocycles. The van der Waals surface area contributed by atoms with Crippen LogP contribution in [0.1, 0.15) is 25.9 Å². The third-order valence-electron chi connectivity index (χ3n) is 3.11. The predicted octanol–water partition coefficient (Wildman–Crippen LogP) is 3.55. The summed E-state index contributed by atoms with van der Waals surface area (Å²) in [5.74, 6) is -0.876. The van der Waals surface area contributed by atoms with Crippen LogP contribution >= 0.6 is 27.3 Å². The number of nitrogens with zero attached hydrogens (tertiary/aromatic N) is 1. The Morgan fingerprint density at radius 1 is 1.08 bits per heavy atom. The molecule has 0 bridgehead atoms. The van der Waals surface area contributed by atoms with Crippen LogP contribution in [0.4, 0.5) is 0 Å². The maximum Gasteiger partial charge on any atom is 0.305 e. The molecular formula is C16H12BrN3O3S. The summed E-state index contributed by atoms with van der Waals surface area (Å²) in [4.78, 5) is 29.0. The molecule has 122 valence electrons. The van der Waals surface area contributed by atoms with Gasteiger partial charge >= 0.3 is 5.91 Å². The molecule has 0 saturated carbocycles. The minimum atomic E-state index is -0.542. The molecule has 0 unspecified atom stereocenters. The first-order valence-corrected chi connectivity index (χ1v) is 8.54. The summed E-state index contributed by atoms with van der Waals surface area (Å²) in [5, 5.41) is 0.750. The Hall–Kier alpha value is -2.45. The minimum absolute atomic E-state index is 0.0909. The lowest BCUT2D eigenvalue weighted by Gasteiger charge is -2.04. The maximum absolute atomic E-state index is 12.3. The Morgan fingerprint density at radius 3 is 2.46 bits per heavy atom. The number of halogens is 1. The summed E-state index contributed by atoms with van der Waals surface area (Å²) in [5.41, 5.74) is 6.22. The van der Waals surface area contributed by atoms with Gasteiger partial charge in [-0.1, -0.05) is 30.3 Å². The molecule has 0 aliphatic carbocycles. The van der Waals surface area contributed by atoms with E-state index in [9.17, 15) is 9.59 Å². The zero-order valence-corrected chi connectivity index (χ0v) is 14.9. The highest BCUT2D eigenvalue weighted by Gasteiger charge is 2.18. The van der Waals surface area contributed by atoms with Crippen LogP contribution in [0, 0.1) is 6.92 Å². The molecule has 0 spiro atoms. The lowest BCUT2D eigenvalue weighted by molar-refractivity contribution is 0.0831. The number of nitrogens with one attached hydrogen (secondary N) is 2. The van der Waals surface area contributed by atoms with Gasteiger partial charge in [-0.2, -0.15) is 0 Å². The summed E-state index contributed by atoms with van der Waals surface area (Å²) in [6.45, 7) is 1.75. The number of carbonyl (C=O) groups is 2. The van der Waals surface area contributed by atoms with Crippen LogP contribution in [-0.4, -0.2) is 16.8 Å². The van der Waals surface area contributed by atoms with E-state index in [1.807, 2.05) is 30.3 Å². The second-order valence-electron chi connectivity index (χ2n) is 4.81. The van der Waals surface area contributed by atoms with Gasteiger partial charge in [0.25, 0.3) is 5.91 Å². The molecule has 8 heteroatoms. The second-order valence-corrected chi connectivity index (χ2v) is 6.59. The molecule has 3 aromatic rings. The highest BCUT2D eigenvalue weighted by molar-refractivity contribution is 9.10. The molecule has 0 fully saturated rings. The number of hydrogen-bond acceptors (Lipinski definition) is 5. The minimum Gasteiger partial charge on any atom is -0.444 e. The SMILES string of the molecule is Cc1nc(-c2ccccc2)sc1C(=O)NNC(=O)c1ccc(Br)o1. The van der Waals surface area contributed by atoms with E-state index in [2.05, 4.69) is 31.8 Å². The number of furan rings is 1. The summed E-state index contributed by atoms with van der Waals surface area (Å²) in [6, 6.07) is 12.7. The molecule has 6 nitrogen and oxygen atoms in total. The topological polar surface area (TPSA) is 84.2 Å². The molecule has 2 N–H and O–H groups in total. The normalized spacial score (nSPS) is 10.4. The van der Waals surface area contributed by atoms with Crippen LogP contribution in [0.25, 0.3) is 10.6 Å². The number of hydrogen-bond donors (Lipinski definition) is 2. The van der Waals surface area contributed by atoms with Crippen LogP contribution in [0.15, 0.2) is 51.6 Å². The Balaban J connectivity index is 1.69. The summed E-state index contributed by atoms with van der Waals surface area (Å²) >= 11 is 4.38. The number of rotatable bonds is 3. The van der Waals surface area contributed by atoms with Gasteiger partial charge in [-0.3, -0.25) is 20.4 Å². The molecule has 0 aliphatic rings. The molecule has 0 atom stereocenters. The fraction of sp³-hybridized carbons (Fsp3) is 0.0625. The van der Waals surface area contributed by atoms with Gasteiger partial charge in [0.2, 0.25) is 0 Å². The smallest absolute Gasteiger partial charge is 0.305 e. The number of aromatic nitrogens is 1. The summed E-state index contributed by atoms with van der Waals surface area (Å²) in [6.07, 6.45) is 0. The van der Waals surface area contributed by atoms with Crippen LogP contribution in [0.2, 0.25) is 0 Å². The van der Waals surface area contributed by atoms with Gasteiger partial charge < -0.3 is 4.42 Å². The van der Waals surface area contributed by atoms with Crippen molar-refractivity contribution in [3.05, 3.63) is 63.5 Å². The van der Waals surface area contributed by atoms with E-state index in [0.29, 0.717) is 15.2 Å². The first kappa shape index (κ1) is 16.4. The van der Waals surface area contributed by atoms with Crippen molar-refractivity contribution in [2.24, 2.45) is 0 Å². The van der Waals surface area contributed by atoms with Crippen molar-refractivity contribution in [2.45, 2.75) is 6.92 Å². The monoisotopic (exact) mass is 405 g/mol. The molecule has 1 aromatic carbocycles.